The Morgan fingerprint density at radius 2 is 1.62 bits per heavy atom. The molecule has 0 N–H and O–H groups in total. The first-order valence-corrected chi connectivity index (χ1v) is 9.99. The number of hydrogen-bond donors (Lipinski definition) is 0. The third-order valence-corrected chi connectivity index (χ3v) is 5.32. The number of nitrogens with zero attached hydrogens (tertiary/aromatic N) is 3. The molecule has 4 rings (SSSR count). The quantitative estimate of drug-likeness (QED) is 0.674. The normalized spacial score (nSPS) is 18.6. The first-order chi connectivity index (χ1) is 12.9. The third-order valence-electron chi connectivity index (χ3n) is 5.32. The van der Waals surface area contributed by atoms with E-state index in [1.54, 1.807) is 6.26 Å². The number of benzene rings is 1. The van der Waals surface area contributed by atoms with Crippen molar-refractivity contribution in [2.75, 3.05) is 39.3 Å². The van der Waals surface area contributed by atoms with Crippen molar-refractivity contribution in [2.45, 2.75) is 38.6 Å². The van der Waals surface area contributed by atoms with Crippen LogP contribution in [0.4, 0.5) is 0 Å². The van der Waals surface area contributed by atoms with Crippen molar-refractivity contribution in [1.29, 1.82) is 0 Å². The van der Waals surface area contributed by atoms with Crippen LogP contribution < -0.4 is 4.74 Å². The fraction of sp³-hybridized carbons (Fsp3) is 0.571. The highest BCUT2D eigenvalue weighted by atomic mass is 16.5. The lowest BCUT2D eigenvalue weighted by Gasteiger charge is -2.14. The minimum atomic E-state index is 0.694. The molecule has 0 saturated carbocycles. The zero-order valence-corrected chi connectivity index (χ0v) is 15.5. The van der Waals surface area contributed by atoms with E-state index < -0.39 is 0 Å². The van der Waals surface area contributed by atoms with Crippen LogP contribution in [0.3, 0.4) is 0 Å². The Bertz CT molecular complexity index is 671. The van der Waals surface area contributed by atoms with Gasteiger partial charge in [0, 0.05) is 18.7 Å². The molecule has 0 atom stereocenters. The third kappa shape index (κ3) is 4.65. The average Bonchev–Trinajstić information content (AvgIpc) is 3.43. The Morgan fingerprint density at radius 1 is 0.923 bits per heavy atom. The summed E-state index contributed by atoms with van der Waals surface area (Å²) in [5, 5.41) is 0. The van der Waals surface area contributed by atoms with Gasteiger partial charge in [0.2, 0.25) is 5.89 Å². The summed E-state index contributed by atoms with van der Waals surface area (Å²) in [6, 6.07) is 8.08. The van der Waals surface area contributed by atoms with Gasteiger partial charge in [-0.05, 0) is 82.5 Å². The maximum Gasteiger partial charge on any atom is 0.226 e. The lowest BCUT2D eigenvalue weighted by atomic mass is 10.2. The van der Waals surface area contributed by atoms with Gasteiger partial charge in [0.1, 0.15) is 12.0 Å². The standard InChI is InChI=1S/C21H29N3O2/c1-2-11-23(10-1)14-5-15-25-20-8-6-18(7-9-20)21-22-19(17-26-21)16-24-12-3-4-13-24/h6-9,17H,1-5,10-16H2. The molecule has 3 heterocycles. The van der Waals surface area contributed by atoms with Gasteiger partial charge in [-0.1, -0.05) is 0 Å². The Balaban J connectivity index is 1.25. The maximum atomic E-state index is 5.87. The summed E-state index contributed by atoms with van der Waals surface area (Å²) in [6.45, 7) is 7.66. The molecule has 2 aliphatic heterocycles. The predicted octanol–water partition coefficient (Wildman–Crippen LogP) is 3.80. The molecule has 2 aromatic rings. The van der Waals surface area contributed by atoms with Gasteiger partial charge in [-0.3, -0.25) is 4.90 Å². The number of oxazole rings is 1. The molecular weight excluding hydrogens is 326 g/mol. The van der Waals surface area contributed by atoms with E-state index in [2.05, 4.69) is 14.8 Å². The Labute approximate surface area is 156 Å². The van der Waals surface area contributed by atoms with Gasteiger partial charge in [-0.25, -0.2) is 4.98 Å². The molecule has 5 heteroatoms. The van der Waals surface area contributed by atoms with Gasteiger partial charge in [-0.2, -0.15) is 0 Å². The number of rotatable bonds is 8. The Morgan fingerprint density at radius 3 is 2.35 bits per heavy atom. The van der Waals surface area contributed by atoms with Gasteiger partial charge >= 0.3 is 0 Å². The van der Waals surface area contributed by atoms with Gasteiger partial charge in [0.15, 0.2) is 0 Å². The fourth-order valence-corrected chi connectivity index (χ4v) is 3.86. The van der Waals surface area contributed by atoms with Crippen LogP contribution in [0.25, 0.3) is 11.5 Å². The maximum absolute atomic E-state index is 5.87. The first kappa shape index (κ1) is 17.6. The fourth-order valence-electron chi connectivity index (χ4n) is 3.86. The number of aromatic nitrogens is 1. The molecule has 2 saturated heterocycles. The second kappa shape index (κ2) is 8.69. The largest absolute Gasteiger partial charge is 0.494 e. The Hall–Kier alpha value is -1.85. The van der Waals surface area contributed by atoms with Crippen molar-refractivity contribution in [1.82, 2.24) is 14.8 Å². The number of ether oxygens (including phenoxy) is 1. The molecular formula is C21H29N3O2. The lowest BCUT2D eigenvalue weighted by molar-refractivity contribution is 0.263. The summed E-state index contributed by atoms with van der Waals surface area (Å²) in [6.07, 6.45) is 8.16. The zero-order chi connectivity index (χ0) is 17.6. The second-order valence-electron chi connectivity index (χ2n) is 7.40. The number of likely N-dealkylation sites (tertiary alicyclic amines) is 2. The topological polar surface area (TPSA) is 41.7 Å². The van der Waals surface area contributed by atoms with E-state index >= 15 is 0 Å². The number of hydrogen-bond acceptors (Lipinski definition) is 5. The van der Waals surface area contributed by atoms with Gasteiger partial charge in [0.25, 0.3) is 0 Å². The van der Waals surface area contributed by atoms with Crippen LogP contribution in [0.5, 0.6) is 5.75 Å². The van der Waals surface area contributed by atoms with Gasteiger partial charge in [-0.15, -0.1) is 0 Å². The minimum Gasteiger partial charge on any atom is -0.494 e. The van der Waals surface area contributed by atoms with Crippen molar-refractivity contribution < 1.29 is 9.15 Å². The predicted molar refractivity (Wildman–Crippen MR) is 102 cm³/mol. The summed E-state index contributed by atoms with van der Waals surface area (Å²) in [5.41, 5.74) is 2.02. The first-order valence-electron chi connectivity index (χ1n) is 9.99. The zero-order valence-electron chi connectivity index (χ0n) is 15.5. The molecule has 0 unspecified atom stereocenters. The highest BCUT2D eigenvalue weighted by Crippen LogP contribution is 2.23. The van der Waals surface area contributed by atoms with Crippen LogP contribution in [-0.4, -0.2) is 54.1 Å². The van der Waals surface area contributed by atoms with Crippen molar-refractivity contribution >= 4 is 0 Å². The van der Waals surface area contributed by atoms with E-state index in [1.165, 1.54) is 51.9 Å². The van der Waals surface area contributed by atoms with E-state index in [9.17, 15) is 0 Å². The summed E-state index contributed by atoms with van der Waals surface area (Å²) >= 11 is 0. The second-order valence-corrected chi connectivity index (χ2v) is 7.40. The molecule has 26 heavy (non-hydrogen) atoms. The van der Waals surface area contributed by atoms with E-state index in [-0.39, 0.29) is 0 Å². The van der Waals surface area contributed by atoms with Crippen LogP contribution in [0, 0.1) is 0 Å². The minimum absolute atomic E-state index is 0.694. The molecule has 0 aliphatic carbocycles. The van der Waals surface area contributed by atoms with E-state index in [1.807, 2.05) is 24.3 Å². The smallest absolute Gasteiger partial charge is 0.226 e. The van der Waals surface area contributed by atoms with E-state index in [0.29, 0.717) is 5.89 Å². The molecule has 5 nitrogen and oxygen atoms in total. The molecule has 140 valence electrons. The monoisotopic (exact) mass is 355 g/mol. The van der Waals surface area contributed by atoms with Crippen molar-refractivity contribution in [3.05, 3.63) is 36.2 Å². The molecule has 0 bridgehead atoms. The molecule has 0 amide bonds. The lowest BCUT2D eigenvalue weighted by Crippen LogP contribution is -2.21. The highest BCUT2D eigenvalue weighted by Gasteiger charge is 2.15. The van der Waals surface area contributed by atoms with Crippen molar-refractivity contribution in [3.8, 4) is 17.2 Å². The van der Waals surface area contributed by atoms with E-state index in [4.69, 9.17) is 9.15 Å². The molecule has 2 fully saturated rings. The molecule has 2 aliphatic rings. The van der Waals surface area contributed by atoms with Crippen LogP contribution in [0.1, 0.15) is 37.8 Å². The molecule has 1 aromatic heterocycles. The van der Waals surface area contributed by atoms with Gasteiger partial charge < -0.3 is 14.1 Å². The molecule has 0 spiro atoms. The molecule has 0 radical (unpaired) electrons. The van der Waals surface area contributed by atoms with Crippen LogP contribution >= 0.6 is 0 Å². The van der Waals surface area contributed by atoms with Crippen molar-refractivity contribution in [3.63, 3.8) is 0 Å². The molecule has 1 aromatic carbocycles. The van der Waals surface area contributed by atoms with Gasteiger partial charge in [0.05, 0.1) is 12.3 Å². The van der Waals surface area contributed by atoms with Crippen LogP contribution in [0.2, 0.25) is 0 Å². The van der Waals surface area contributed by atoms with Crippen molar-refractivity contribution in [2.24, 2.45) is 0 Å². The highest BCUT2D eigenvalue weighted by molar-refractivity contribution is 5.54. The van der Waals surface area contributed by atoms with Crippen LogP contribution in [0.15, 0.2) is 34.9 Å². The summed E-state index contributed by atoms with van der Waals surface area (Å²) in [7, 11) is 0. The summed E-state index contributed by atoms with van der Waals surface area (Å²) < 4.78 is 11.5. The van der Waals surface area contributed by atoms with Crippen LogP contribution in [-0.2, 0) is 6.54 Å². The Kier molecular flexibility index (Phi) is 5.87. The summed E-state index contributed by atoms with van der Waals surface area (Å²) in [5.74, 6) is 1.61. The summed E-state index contributed by atoms with van der Waals surface area (Å²) in [4.78, 5) is 9.59. The SMILES string of the molecule is c1cc(-c2nc(CN3CCCC3)co2)ccc1OCCCN1CCCC1. The van der Waals surface area contributed by atoms with E-state index in [0.717, 1.165) is 43.1 Å². The average molecular weight is 355 g/mol.